The molecule has 3 aromatic carbocycles. The first-order chi connectivity index (χ1) is 22.7. The summed E-state index contributed by atoms with van der Waals surface area (Å²) in [6.07, 6.45) is 3.33. The Balaban J connectivity index is 0.000000177. The van der Waals surface area contributed by atoms with Gasteiger partial charge < -0.3 is 9.72 Å². The Labute approximate surface area is 276 Å². The normalized spacial score (nSPS) is 10.7. The van der Waals surface area contributed by atoms with Crippen LogP contribution in [0.25, 0.3) is 44.6 Å². The van der Waals surface area contributed by atoms with E-state index in [4.69, 9.17) is 4.74 Å². The van der Waals surface area contributed by atoms with Gasteiger partial charge >= 0.3 is 0 Å². The highest BCUT2D eigenvalue weighted by atomic mass is 79.9. The summed E-state index contributed by atoms with van der Waals surface area (Å²) in [4.78, 5) is 28.5. The molecule has 7 aromatic rings. The molecule has 47 heavy (non-hydrogen) atoms. The van der Waals surface area contributed by atoms with E-state index in [-0.39, 0.29) is 17.1 Å². The maximum absolute atomic E-state index is 13.9. The van der Waals surface area contributed by atoms with E-state index in [0.29, 0.717) is 67.2 Å². The number of H-pyrrole nitrogens is 1. The lowest BCUT2D eigenvalue weighted by Crippen LogP contribution is -2.10. The number of hydrogen-bond donors (Lipinski definition) is 1. The lowest BCUT2D eigenvalue weighted by Gasteiger charge is -2.16. The molecule has 7 rings (SSSR count). The van der Waals surface area contributed by atoms with E-state index in [1.165, 1.54) is 30.3 Å². The van der Waals surface area contributed by atoms with Gasteiger partial charge in [-0.15, -0.1) is 0 Å². The average molecular weight is 689 g/mol. The predicted octanol–water partition coefficient (Wildman–Crippen LogP) is 9.21. The maximum atomic E-state index is 13.9. The minimum Gasteiger partial charge on any atom is -0.455 e. The lowest BCUT2D eigenvalue weighted by molar-refractivity contribution is 0.482. The van der Waals surface area contributed by atoms with Crippen LogP contribution in [0.1, 0.15) is 16.7 Å². The fourth-order valence-corrected chi connectivity index (χ4v) is 5.44. The van der Waals surface area contributed by atoms with Crippen LogP contribution in [0.5, 0.6) is 11.5 Å². The van der Waals surface area contributed by atoms with E-state index >= 15 is 0 Å². The molecule has 7 nitrogen and oxygen atoms in total. The molecule has 0 spiro atoms. The van der Waals surface area contributed by atoms with Gasteiger partial charge in [0, 0.05) is 44.8 Å². The highest BCUT2D eigenvalue weighted by Crippen LogP contribution is 2.39. The Morgan fingerprint density at radius 1 is 0.809 bits per heavy atom. The maximum Gasteiger partial charge on any atom is 0.192 e. The van der Waals surface area contributed by atoms with Crippen LogP contribution in [0.3, 0.4) is 0 Å². The van der Waals surface area contributed by atoms with Crippen molar-refractivity contribution in [3.05, 3.63) is 146 Å². The van der Waals surface area contributed by atoms with Gasteiger partial charge in [0.05, 0.1) is 39.4 Å². The van der Waals surface area contributed by atoms with Crippen molar-refractivity contribution in [3.8, 4) is 40.3 Å². The van der Waals surface area contributed by atoms with Crippen molar-refractivity contribution < 1.29 is 13.5 Å². The number of benzene rings is 3. The largest absolute Gasteiger partial charge is 0.455 e. The molecule has 4 aromatic heterocycles. The number of nitrogens with one attached hydrogen (secondary N) is 1. The second kappa shape index (κ2) is 13.3. The van der Waals surface area contributed by atoms with Crippen molar-refractivity contribution in [3.63, 3.8) is 0 Å². The number of pyridine rings is 4. The molecule has 0 unspecified atom stereocenters. The van der Waals surface area contributed by atoms with E-state index < -0.39 is 0 Å². The van der Waals surface area contributed by atoms with Crippen molar-refractivity contribution in [2.24, 2.45) is 0 Å². The number of rotatable bonds is 4. The number of halogens is 3. The molecule has 0 bridgehead atoms. The molecule has 10 heteroatoms. The van der Waals surface area contributed by atoms with Gasteiger partial charge in [0.25, 0.3) is 0 Å². The highest BCUT2D eigenvalue weighted by Gasteiger charge is 2.18. The molecular formula is C37H24BrF2N5O2. The zero-order chi connectivity index (χ0) is 33.1. The SMILES string of the molecule is Cc1c(-c2ccccn2)[nH]c2cc(F)ccc2c1=O.Cc1c(-c2ccccn2)nc2cc(F)ccc2c1Oc1cc(Br)ccc1C#N. The summed E-state index contributed by atoms with van der Waals surface area (Å²) in [5.74, 6) is 0.157. The smallest absolute Gasteiger partial charge is 0.192 e. The highest BCUT2D eigenvalue weighted by molar-refractivity contribution is 9.10. The molecule has 230 valence electrons. The van der Waals surface area contributed by atoms with Crippen molar-refractivity contribution in [1.82, 2.24) is 19.9 Å². The number of aromatic nitrogens is 4. The molecule has 0 saturated carbocycles. The van der Waals surface area contributed by atoms with Crippen LogP contribution >= 0.6 is 15.9 Å². The topological polar surface area (TPSA) is 105 Å². The van der Waals surface area contributed by atoms with Crippen LogP contribution in [-0.2, 0) is 0 Å². The summed E-state index contributed by atoms with van der Waals surface area (Å²) >= 11 is 3.41. The van der Waals surface area contributed by atoms with E-state index in [1.54, 1.807) is 49.6 Å². The van der Waals surface area contributed by atoms with E-state index in [1.807, 2.05) is 37.3 Å². The summed E-state index contributed by atoms with van der Waals surface area (Å²) in [5, 5.41) is 10.6. The molecule has 0 fully saturated rings. The molecular weight excluding hydrogens is 664 g/mol. The lowest BCUT2D eigenvalue weighted by atomic mass is 10.1. The summed E-state index contributed by atoms with van der Waals surface area (Å²) in [6.45, 7) is 3.62. The number of fused-ring (bicyclic) bond motifs is 2. The third-order valence-corrected chi connectivity index (χ3v) is 7.93. The summed E-state index contributed by atoms with van der Waals surface area (Å²) in [7, 11) is 0. The summed E-state index contributed by atoms with van der Waals surface area (Å²) < 4.78 is 34.1. The Hall–Kier alpha value is -5.79. The summed E-state index contributed by atoms with van der Waals surface area (Å²) in [6, 6.07) is 26.8. The van der Waals surface area contributed by atoms with Crippen molar-refractivity contribution in [1.29, 1.82) is 5.26 Å². The monoisotopic (exact) mass is 687 g/mol. The number of ether oxygens (including phenoxy) is 1. The fourth-order valence-electron chi connectivity index (χ4n) is 5.10. The molecule has 4 heterocycles. The number of nitriles is 1. The van der Waals surface area contributed by atoms with Crippen LogP contribution in [0.15, 0.2) is 113 Å². The van der Waals surface area contributed by atoms with Crippen LogP contribution in [-0.4, -0.2) is 19.9 Å². The minimum atomic E-state index is -0.387. The average Bonchev–Trinajstić information content (AvgIpc) is 3.08. The van der Waals surface area contributed by atoms with Crippen LogP contribution in [0.2, 0.25) is 0 Å². The Bertz CT molecular complexity index is 2380. The standard InChI is InChI=1S/C22H13BrFN3O.C15H11FN2O/c1-13-21(18-4-2-3-9-26-18)27-19-11-16(24)7-8-17(19)22(13)28-20-10-15(23)6-5-14(20)12-25;1-9-14(12-4-2-3-7-17-12)18-13-8-10(16)5-6-11(13)15(9)19/h2-11H,1H3;2-8H,1H3,(H,18,19). The quantitative estimate of drug-likeness (QED) is 0.198. The first-order valence-corrected chi connectivity index (χ1v) is 15.1. The van der Waals surface area contributed by atoms with Crippen LogP contribution in [0.4, 0.5) is 8.78 Å². The molecule has 0 aliphatic carbocycles. The van der Waals surface area contributed by atoms with Gasteiger partial charge in [-0.2, -0.15) is 5.26 Å². The third-order valence-electron chi connectivity index (χ3n) is 7.44. The van der Waals surface area contributed by atoms with Gasteiger partial charge in [-0.25, -0.2) is 13.8 Å². The predicted molar refractivity (Wildman–Crippen MR) is 181 cm³/mol. The molecule has 0 atom stereocenters. The second-order valence-electron chi connectivity index (χ2n) is 10.5. The zero-order valence-electron chi connectivity index (χ0n) is 25.1. The number of aromatic amines is 1. The van der Waals surface area contributed by atoms with Gasteiger partial charge in [-0.1, -0.05) is 28.1 Å². The molecule has 1 N–H and O–H groups in total. The van der Waals surface area contributed by atoms with Gasteiger partial charge in [0.15, 0.2) is 5.43 Å². The van der Waals surface area contributed by atoms with Gasteiger partial charge in [-0.3, -0.25) is 14.8 Å². The minimum absolute atomic E-state index is 0.102. The van der Waals surface area contributed by atoms with E-state index in [0.717, 1.165) is 10.0 Å². The van der Waals surface area contributed by atoms with Gasteiger partial charge in [0.2, 0.25) is 0 Å². The number of hydrogen-bond acceptors (Lipinski definition) is 6. The molecule has 0 aliphatic heterocycles. The first kappa shape index (κ1) is 31.2. The summed E-state index contributed by atoms with van der Waals surface area (Å²) in [5.41, 5.74) is 5.12. The molecule has 0 saturated heterocycles. The van der Waals surface area contributed by atoms with Crippen molar-refractivity contribution >= 4 is 37.7 Å². The number of nitrogens with zero attached hydrogens (tertiary/aromatic N) is 4. The molecule has 0 amide bonds. The van der Waals surface area contributed by atoms with Gasteiger partial charge in [-0.05, 0) is 86.6 Å². The van der Waals surface area contributed by atoms with Crippen LogP contribution < -0.4 is 10.2 Å². The second-order valence-corrected chi connectivity index (χ2v) is 11.4. The first-order valence-electron chi connectivity index (χ1n) is 14.4. The van der Waals surface area contributed by atoms with Crippen LogP contribution in [0, 0.1) is 36.8 Å². The Morgan fingerprint density at radius 3 is 2.17 bits per heavy atom. The molecule has 0 aliphatic rings. The van der Waals surface area contributed by atoms with Crippen molar-refractivity contribution in [2.45, 2.75) is 13.8 Å². The van der Waals surface area contributed by atoms with Crippen molar-refractivity contribution in [2.75, 3.05) is 0 Å². The molecule has 0 radical (unpaired) electrons. The van der Waals surface area contributed by atoms with E-state index in [2.05, 4.69) is 41.9 Å². The zero-order valence-corrected chi connectivity index (χ0v) is 26.6. The Morgan fingerprint density at radius 2 is 1.49 bits per heavy atom. The van der Waals surface area contributed by atoms with Gasteiger partial charge in [0.1, 0.15) is 29.2 Å². The third kappa shape index (κ3) is 6.48. The fraction of sp³-hybridized carbons (Fsp3) is 0.0541. The Kier molecular flexibility index (Phi) is 8.82. The van der Waals surface area contributed by atoms with E-state index in [9.17, 15) is 18.8 Å².